The Labute approximate surface area is 98.7 Å². The molecule has 0 bridgehead atoms. The monoisotopic (exact) mass is 221 g/mol. The second kappa shape index (κ2) is 5.78. The quantitative estimate of drug-likeness (QED) is 0.787. The molecule has 0 saturated heterocycles. The second-order valence-corrected chi connectivity index (χ2v) is 4.59. The minimum atomic E-state index is 0.410. The van der Waals surface area contributed by atoms with Gasteiger partial charge < -0.3 is 10.4 Å². The van der Waals surface area contributed by atoms with Crippen LogP contribution in [0.3, 0.4) is 0 Å². The van der Waals surface area contributed by atoms with Crippen LogP contribution in [0.4, 0.5) is 5.69 Å². The molecule has 0 spiro atoms. The third-order valence-electron chi connectivity index (χ3n) is 3.03. The molecule has 0 aromatic heterocycles. The Balaban J connectivity index is 2.70. The summed E-state index contributed by atoms with van der Waals surface area (Å²) in [5.74, 6) is 0.410. The van der Waals surface area contributed by atoms with Gasteiger partial charge in [-0.05, 0) is 38.8 Å². The summed E-state index contributed by atoms with van der Waals surface area (Å²) in [7, 11) is 0. The van der Waals surface area contributed by atoms with Crippen LogP contribution in [0, 0.1) is 13.8 Å². The number of anilines is 1. The van der Waals surface area contributed by atoms with E-state index >= 15 is 0 Å². The summed E-state index contributed by atoms with van der Waals surface area (Å²) in [6.45, 7) is 8.27. The predicted octanol–water partition coefficient (Wildman–Crippen LogP) is 4.00. The number of hydrogen-bond donors (Lipinski definition) is 2. The highest BCUT2D eigenvalue weighted by molar-refractivity contribution is 5.59. The maximum Gasteiger partial charge on any atom is 0.123 e. The van der Waals surface area contributed by atoms with Crippen LogP contribution in [0.1, 0.15) is 44.2 Å². The molecule has 2 N–H and O–H groups in total. The molecule has 2 nitrogen and oxygen atoms in total. The molecule has 1 aromatic rings. The van der Waals surface area contributed by atoms with Gasteiger partial charge in [-0.15, -0.1) is 0 Å². The molecule has 1 aromatic carbocycles. The highest BCUT2D eigenvalue weighted by atomic mass is 16.3. The molecule has 0 aliphatic rings. The third-order valence-corrected chi connectivity index (χ3v) is 3.03. The van der Waals surface area contributed by atoms with Gasteiger partial charge in [0.2, 0.25) is 0 Å². The fraction of sp³-hybridized carbons (Fsp3) is 0.571. The molecule has 0 radical (unpaired) electrons. The second-order valence-electron chi connectivity index (χ2n) is 4.59. The van der Waals surface area contributed by atoms with E-state index in [1.54, 1.807) is 0 Å². The van der Waals surface area contributed by atoms with Crippen LogP contribution in [0.25, 0.3) is 0 Å². The van der Waals surface area contributed by atoms with Gasteiger partial charge in [0.25, 0.3) is 0 Å². The standard InChI is InChI=1S/C14H23NO/c1-5-6-7-11(3)15-13-9-8-10(2)14(16)12(13)4/h8-9,11,15-16H,5-7H2,1-4H3. The van der Waals surface area contributed by atoms with Crippen molar-refractivity contribution in [3.05, 3.63) is 23.3 Å². The summed E-state index contributed by atoms with van der Waals surface area (Å²) in [5.41, 5.74) is 2.93. The number of rotatable bonds is 5. The van der Waals surface area contributed by atoms with E-state index in [1.165, 1.54) is 19.3 Å². The summed E-state index contributed by atoms with van der Waals surface area (Å²) in [4.78, 5) is 0. The number of aryl methyl sites for hydroxylation is 1. The van der Waals surface area contributed by atoms with Crippen LogP contribution in [0.5, 0.6) is 5.75 Å². The number of unbranched alkanes of at least 4 members (excludes halogenated alkanes) is 1. The van der Waals surface area contributed by atoms with Gasteiger partial charge in [-0.3, -0.25) is 0 Å². The van der Waals surface area contributed by atoms with Gasteiger partial charge in [0.15, 0.2) is 0 Å². The van der Waals surface area contributed by atoms with Crippen LogP contribution in [0.15, 0.2) is 12.1 Å². The topological polar surface area (TPSA) is 32.3 Å². The summed E-state index contributed by atoms with van der Waals surface area (Å²) in [6, 6.07) is 4.46. The number of phenolic OH excluding ortho intramolecular Hbond substituents is 1. The lowest BCUT2D eigenvalue weighted by Gasteiger charge is -2.18. The number of phenols is 1. The first kappa shape index (κ1) is 12.9. The Hall–Kier alpha value is -1.18. The Morgan fingerprint density at radius 3 is 2.62 bits per heavy atom. The summed E-state index contributed by atoms with van der Waals surface area (Å²) in [5, 5.41) is 13.3. The number of aromatic hydroxyl groups is 1. The van der Waals surface area contributed by atoms with Crippen LogP contribution >= 0.6 is 0 Å². The Morgan fingerprint density at radius 2 is 2.00 bits per heavy atom. The summed E-state index contributed by atoms with van der Waals surface area (Å²) < 4.78 is 0. The van der Waals surface area contributed by atoms with Crippen molar-refractivity contribution in [3.8, 4) is 5.75 Å². The zero-order chi connectivity index (χ0) is 12.1. The van der Waals surface area contributed by atoms with E-state index < -0.39 is 0 Å². The van der Waals surface area contributed by atoms with E-state index in [0.29, 0.717) is 11.8 Å². The fourth-order valence-corrected chi connectivity index (χ4v) is 1.84. The van der Waals surface area contributed by atoms with E-state index in [1.807, 2.05) is 26.0 Å². The minimum absolute atomic E-state index is 0.410. The highest BCUT2D eigenvalue weighted by Gasteiger charge is 2.08. The zero-order valence-electron chi connectivity index (χ0n) is 10.8. The molecule has 1 unspecified atom stereocenters. The van der Waals surface area contributed by atoms with Gasteiger partial charge in [0.05, 0.1) is 0 Å². The van der Waals surface area contributed by atoms with Crippen molar-refractivity contribution in [3.63, 3.8) is 0 Å². The van der Waals surface area contributed by atoms with E-state index in [9.17, 15) is 5.11 Å². The SMILES string of the molecule is CCCCC(C)Nc1ccc(C)c(O)c1C. The van der Waals surface area contributed by atoms with Gasteiger partial charge in [0, 0.05) is 17.3 Å². The number of benzene rings is 1. The van der Waals surface area contributed by atoms with Crippen molar-refractivity contribution in [1.29, 1.82) is 0 Å². The number of hydrogen-bond acceptors (Lipinski definition) is 2. The summed E-state index contributed by atoms with van der Waals surface area (Å²) in [6.07, 6.45) is 3.64. The first-order valence-corrected chi connectivity index (χ1v) is 6.12. The van der Waals surface area contributed by atoms with E-state index in [0.717, 1.165) is 16.8 Å². The molecule has 90 valence electrons. The summed E-state index contributed by atoms with van der Waals surface area (Å²) >= 11 is 0. The van der Waals surface area contributed by atoms with Crippen LogP contribution in [0.2, 0.25) is 0 Å². The van der Waals surface area contributed by atoms with Crippen LogP contribution in [-0.4, -0.2) is 11.1 Å². The minimum Gasteiger partial charge on any atom is -0.507 e. The molecule has 0 amide bonds. The predicted molar refractivity (Wildman–Crippen MR) is 70.2 cm³/mol. The lowest BCUT2D eigenvalue weighted by atomic mass is 10.1. The van der Waals surface area contributed by atoms with E-state index in [2.05, 4.69) is 19.2 Å². The van der Waals surface area contributed by atoms with Gasteiger partial charge in [0.1, 0.15) is 5.75 Å². The normalized spacial score (nSPS) is 12.5. The maximum absolute atomic E-state index is 9.84. The third kappa shape index (κ3) is 3.16. The molecule has 0 saturated carbocycles. The molecule has 0 aliphatic heterocycles. The smallest absolute Gasteiger partial charge is 0.123 e. The molecule has 16 heavy (non-hydrogen) atoms. The van der Waals surface area contributed by atoms with Gasteiger partial charge in [-0.2, -0.15) is 0 Å². The van der Waals surface area contributed by atoms with Crippen molar-refractivity contribution < 1.29 is 5.11 Å². The van der Waals surface area contributed by atoms with Crippen molar-refractivity contribution in [2.75, 3.05) is 5.32 Å². The van der Waals surface area contributed by atoms with Crippen molar-refractivity contribution in [1.82, 2.24) is 0 Å². The molecular formula is C14H23NO. The average Bonchev–Trinajstić information content (AvgIpc) is 2.27. The van der Waals surface area contributed by atoms with E-state index in [-0.39, 0.29) is 0 Å². The molecular weight excluding hydrogens is 198 g/mol. The van der Waals surface area contributed by atoms with Gasteiger partial charge in [-0.1, -0.05) is 25.8 Å². The maximum atomic E-state index is 9.84. The van der Waals surface area contributed by atoms with Gasteiger partial charge in [-0.25, -0.2) is 0 Å². The Kier molecular flexibility index (Phi) is 4.66. The molecule has 0 fully saturated rings. The van der Waals surface area contributed by atoms with E-state index in [4.69, 9.17) is 0 Å². The highest BCUT2D eigenvalue weighted by Crippen LogP contribution is 2.28. The van der Waals surface area contributed by atoms with Crippen LogP contribution in [-0.2, 0) is 0 Å². The lowest BCUT2D eigenvalue weighted by Crippen LogP contribution is -2.15. The largest absolute Gasteiger partial charge is 0.507 e. The Bertz CT molecular complexity index is 347. The molecule has 1 atom stereocenters. The van der Waals surface area contributed by atoms with Crippen molar-refractivity contribution >= 4 is 5.69 Å². The first-order valence-electron chi connectivity index (χ1n) is 6.12. The zero-order valence-corrected chi connectivity index (χ0v) is 10.8. The average molecular weight is 221 g/mol. The molecule has 2 heteroatoms. The first-order chi connectivity index (χ1) is 7.56. The Morgan fingerprint density at radius 1 is 1.31 bits per heavy atom. The van der Waals surface area contributed by atoms with Crippen LogP contribution < -0.4 is 5.32 Å². The molecule has 0 aliphatic carbocycles. The number of nitrogens with one attached hydrogen (secondary N) is 1. The molecule has 0 heterocycles. The van der Waals surface area contributed by atoms with Crippen molar-refractivity contribution in [2.45, 2.75) is 53.0 Å². The molecule has 1 rings (SSSR count). The fourth-order valence-electron chi connectivity index (χ4n) is 1.84. The van der Waals surface area contributed by atoms with Gasteiger partial charge >= 0.3 is 0 Å². The van der Waals surface area contributed by atoms with Crippen molar-refractivity contribution in [2.24, 2.45) is 0 Å². The lowest BCUT2D eigenvalue weighted by molar-refractivity contribution is 0.467.